The van der Waals surface area contributed by atoms with Gasteiger partial charge in [-0.15, -0.1) is 0 Å². The molecule has 0 fully saturated rings. The molecule has 0 atom stereocenters. The van der Waals surface area contributed by atoms with Crippen LogP contribution in [0.15, 0.2) is 48.5 Å². The van der Waals surface area contributed by atoms with E-state index in [0.717, 1.165) is 5.69 Å². The number of amides is 1. The van der Waals surface area contributed by atoms with Gasteiger partial charge in [-0.05, 0) is 49.2 Å². The summed E-state index contributed by atoms with van der Waals surface area (Å²) in [7, 11) is 0. The Morgan fingerprint density at radius 2 is 1.67 bits per heavy atom. The molecule has 0 aliphatic carbocycles. The van der Waals surface area contributed by atoms with Gasteiger partial charge >= 0.3 is 0 Å². The van der Waals surface area contributed by atoms with Crippen LogP contribution in [0.3, 0.4) is 0 Å². The molecule has 0 aliphatic rings. The highest BCUT2D eigenvalue weighted by Gasteiger charge is 2.03. The minimum absolute atomic E-state index is 0.145. The summed E-state index contributed by atoms with van der Waals surface area (Å²) in [6.45, 7) is 4.10. The monoisotopic (exact) mass is 240 g/mol. The maximum absolute atomic E-state index is 11.8. The van der Waals surface area contributed by atoms with E-state index in [-0.39, 0.29) is 5.91 Å². The molecule has 92 valence electrons. The largest absolute Gasteiger partial charge is 0.298 e. The van der Waals surface area contributed by atoms with Crippen molar-refractivity contribution in [2.75, 3.05) is 5.43 Å². The summed E-state index contributed by atoms with van der Waals surface area (Å²) in [5, 5.41) is 0. The topological polar surface area (TPSA) is 41.1 Å². The number of carbonyl (C=O) groups is 1. The quantitative estimate of drug-likeness (QED) is 0.809. The Labute approximate surface area is 107 Å². The van der Waals surface area contributed by atoms with E-state index in [1.807, 2.05) is 43.3 Å². The Morgan fingerprint density at radius 1 is 0.944 bits per heavy atom. The van der Waals surface area contributed by atoms with E-state index < -0.39 is 0 Å². The second-order valence-corrected chi connectivity index (χ2v) is 4.24. The Bertz CT molecular complexity index is 550. The van der Waals surface area contributed by atoms with Crippen LogP contribution in [0.1, 0.15) is 21.5 Å². The molecular weight excluding hydrogens is 224 g/mol. The zero-order valence-electron chi connectivity index (χ0n) is 10.5. The van der Waals surface area contributed by atoms with Crippen LogP contribution in [0, 0.1) is 13.8 Å². The molecule has 0 bridgehead atoms. The van der Waals surface area contributed by atoms with Crippen LogP contribution in [-0.2, 0) is 0 Å². The van der Waals surface area contributed by atoms with E-state index in [9.17, 15) is 4.79 Å². The van der Waals surface area contributed by atoms with E-state index in [2.05, 4.69) is 17.8 Å². The summed E-state index contributed by atoms with van der Waals surface area (Å²) in [5.74, 6) is -0.145. The summed E-state index contributed by atoms with van der Waals surface area (Å²) >= 11 is 0. The number of nitrogens with one attached hydrogen (secondary N) is 2. The Hall–Kier alpha value is -2.29. The van der Waals surface area contributed by atoms with Crippen molar-refractivity contribution in [1.29, 1.82) is 0 Å². The molecule has 0 radical (unpaired) electrons. The van der Waals surface area contributed by atoms with E-state index in [4.69, 9.17) is 0 Å². The summed E-state index contributed by atoms with van der Waals surface area (Å²) in [4.78, 5) is 11.8. The first-order chi connectivity index (χ1) is 8.66. The molecule has 1 amide bonds. The van der Waals surface area contributed by atoms with E-state index in [1.165, 1.54) is 11.1 Å². The third kappa shape index (κ3) is 2.88. The SMILES string of the molecule is Cc1ccc(NNC(=O)c2ccccc2)cc1C. The highest BCUT2D eigenvalue weighted by atomic mass is 16.2. The lowest BCUT2D eigenvalue weighted by Crippen LogP contribution is -2.29. The smallest absolute Gasteiger partial charge is 0.269 e. The van der Waals surface area contributed by atoms with Crippen molar-refractivity contribution in [3.05, 3.63) is 65.2 Å². The van der Waals surface area contributed by atoms with Crippen molar-refractivity contribution in [2.45, 2.75) is 13.8 Å². The fourth-order valence-corrected chi connectivity index (χ4v) is 1.61. The van der Waals surface area contributed by atoms with Gasteiger partial charge in [0.15, 0.2) is 0 Å². The standard InChI is InChI=1S/C15H16N2O/c1-11-8-9-14(10-12(11)2)16-17-15(18)13-6-4-3-5-7-13/h3-10,16H,1-2H3,(H,17,18). The van der Waals surface area contributed by atoms with E-state index in [1.54, 1.807) is 12.1 Å². The third-order valence-electron chi connectivity index (χ3n) is 2.86. The first-order valence-electron chi connectivity index (χ1n) is 5.85. The number of hydrogen-bond acceptors (Lipinski definition) is 2. The van der Waals surface area contributed by atoms with Gasteiger partial charge < -0.3 is 0 Å². The van der Waals surface area contributed by atoms with Gasteiger partial charge in [0.1, 0.15) is 0 Å². The highest BCUT2D eigenvalue weighted by Crippen LogP contribution is 2.13. The summed E-state index contributed by atoms with van der Waals surface area (Å²) in [6.07, 6.45) is 0. The van der Waals surface area contributed by atoms with Crippen LogP contribution in [0.2, 0.25) is 0 Å². The Morgan fingerprint density at radius 3 is 2.33 bits per heavy atom. The normalized spacial score (nSPS) is 9.89. The second-order valence-electron chi connectivity index (χ2n) is 4.24. The number of benzene rings is 2. The third-order valence-corrected chi connectivity index (χ3v) is 2.86. The Kier molecular flexibility index (Phi) is 3.63. The van der Waals surface area contributed by atoms with Crippen molar-refractivity contribution < 1.29 is 4.79 Å². The van der Waals surface area contributed by atoms with E-state index in [0.29, 0.717) is 5.56 Å². The summed E-state index contributed by atoms with van der Waals surface area (Å²) in [6, 6.07) is 15.1. The summed E-state index contributed by atoms with van der Waals surface area (Å²) in [5.41, 5.74) is 9.52. The maximum Gasteiger partial charge on any atom is 0.269 e. The number of rotatable bonds is 3. The molecular formula is C15H16N2O. The van der Waals surface area contributed by atoms with Crippen LogP contribution < -0.4 is 10.9 Å². The van der Waals surface area contributed by atoms with Gasteiger partial charge in [0, 0.05) is 5.56 Å². The molecule has 0 spiro atoms. The average Bonchev–Trinajstić information content (AvgIpc) is 2.41. The molecule has 2 N–H and O–H groups in total. The number of anilines is 1. The predicted molar refractivity (Wildman–Crippen MR) is 73.4 cm³/mol. The number of hydrogen-bond donors (Lipinski definition) is 2. The molecule has 18 heavy (non-hydrogen) atoms. The molecule has 0 saturated heterocycles. The molecule has 0 aliphatic heterocycles. The van der Waals surface area contributed by atoms with Crippen molar-refractivity contribution in [3.8, 4) is 0 Å². The number of aryl methyl sites for hydroxylation is 2. The fraction of sp³-hybridized carbons (Fsp3) is 0.133. The molecule has 3 heteroatoms. The minimum Gasteiger partial charge on any atom is -0.298 e. The number of hydrazine groups is 1. The van der Waals surface area contributed by atoms with Crippen LogP contribution in [0.5, 0.6) is 0 Å². The van der Waals surface area contributed by atoms with Crippen LogP contribution in [0.25, 0.3) is 0 Å². The van der Waals surface area contributed by atoms with Gasteiger partial charge in [-0.1, -0.05) is 24.3 Å². The molecule has 2 aromatic rings. The fourth-order valence-electron chi connectivity index (χ4n) is 1.61. The molecule has 3 nitrogen and oxygen atoms in total. The van der Waals surface area contributed by atoms with Gasteiger partial charge in [0.25, 0.3) is 5.91 Å². The highest BCUT2D eigenvalue weighted by molar-refractivity contribution is 5.94. The van der Waals surface area contributed by atoms with Crippen molar-refractivity contribution in [2.24, 2.45) is 0 Å². The number of carbonyl (C=O) groups excluding carboxylic acids is 1. The Balaban J connectivity index is 1.99. The molecule has 0 aromatic heterocycles. The lowest BCUT2D eigenvalue weighted by Gasteiger charge is -2.10. The van der Waals surface area contributed by atoms with Crippen molar-refractivity contribution in [3.63, 3.8) is 0 Å². The predicted octanol–water partition coefficient (Wildman–Crippen LogP) is 3.06. The molecule has 0 unspecified atom stereocenters. The van der Waals surface area contributed by atoms with Crippen molar-refractivity contribution >= 4 is 11.6 Å². The van der Waals surface area contributed by atoms with E-state index >= 15 is 0 Å². The van der Waals surface area contributed by atoms with Gasteiger partial charge in [-0.25, -0.2) is 0 Å². The lowest BCUT2D eigenvalue weighted by atomic mass is 10.1. The van der Waals surface area contributed by atoms with Gasteiger partial charge in [0.2, 0.25) is 0 Å². The van der Waals surface area contributed by atoms with Crippen molar-refractivity contribution in [1.82, 2.24) is 5.43 Å². The van der Waals surface area contributed by atoms with Crippen LogP contribution in [0.4, 0.5) is 5.69 Å². The maximum atomic E-state index is 11.8. The minimum atomic E-state index is -0.145. The zero-order valence-corrected chi connectivity index (χ0v) is 10.5. The van der Waals surface area contributed by atoms with Crippen LogP contribution in [-0.4, -0.2) is 5.91 Å². The zero-order chi connectivity index (χ0) is 13.0. The average molecular weight is 240 g/mol. The molecule has 2 rings (SSSR count). The first-order valence-corrected chi connectivity index (χ1v) is 5.85. The van der Waals surface area contributed by atoms with Gasteiger partial charge in [-0.3, -0.25) is 15.6 Å². The molecule has 2 aromatic carbocycles. The lowest BCUT2D eigenvalue weighted by molar-refractivity contribution is 0.0962. The van der Waals surface area contributed by atoms with Crippen LogP contribution >= 0.6 is 0 Å². The van der Waals surface area contributed by atoms with Gasteiger partial charge in [-0.2, -0.15) is 0 Å². The second kappa shape index (κ2) is 5.36. The molecule has 0 heterocycles. The summed E-state index contributed by atoms with van der Waals surface area (Å²) < 4.78 is 0. The first kappa shape index (κ1) is 12.2. The molecule has 0 saturated carbocycles. The van der Waals surface area contributed by atoms with Gasteiger partial charge in [0.05, 0.1) is 5.69 Å².